The molecule has 0 saturated heterocycles. The standard InChI is InChI=1S/C21H17Cl2NO2/c1-14-2-4-15(5-3-14)21(25)24-18-8-10-19(11-9-18)26-13-16-6-7-17(22)12-20(16)23/h2-12H,13H2,1H3,(H,24,25). The lowest BCUT2D eigenvalue weighted by molar-refractivity contribution is 0.102. The minimum absolute atomic E-state index is 0.147. The number of ether oxygens (including phenoxy) is 1. The SMILES string of the molecule is Cc1ccc(C(=O)Nc2ccc(OCc3ccc(Cl)cc3Cl)cc2)cc1. The number of halogens is 2. The van der Waals surface area contributed by atoms with Crippen molar-refractivity contribution in [3.8, 4) is 5.75 Å². The first-order chi connectivity index (χ1) is 12.5. The third-order valence-electron chi connectivity index (χ3n) is 3.84. The summed E-state index contributed by atoms with van der Waals surface area (Å²) in [5.41, 5.74) is 3.29. The van der Waals surface area contributed by atoms with Crippen LogP contribution < -0.4 is 10.1 Å². The Morgan fingerprint density at radius 2 is 1.65 bits per heavy atom. The van der Waals surface area contributed by atoms with Gasteiger partial charge >= 0.3 is 0 Å². The van der Waals surface area contributed by atoms with Gasteiger partial charge in [0.25, 0.3) is 5.91 Å². The van der Waals surface area contributed by atoms with E-state index in [0.717, 1.165) is 11.1 Å². The van der Waals surface area contributed by atoms with Gasteiger partial charge in [-0.05, 0) is 55.5 Å². The maximum atomic E-state index is 12.2. The van der Waals surface area contributed by atoms with Gasteiger partial charge in [-0.2, -0.15) is 0 Å². The first kappa shape index (κ1) is 18.3. The number of rotatable bonds is 5. The largest absolute Gasteiger partial charge is 0.489 e. The number of benzene rings is 3. The second-order valence-corrected chi connectivity index (χ2v) is 6.71. The van der Waals surface area contributed by atoms with Crippen LogP contribution in [0.5, 0.6) is 5.75 Å². The van der Waals surface area contributed by atoms with Gasteiger partial charge in [0.1, 0.15) is 12.4 Å². The predicted octanol–water partition coefficient (Wildman–Crippen LogP) is 6.13. The number of hydrogen-bond donors (Lipinski definition) is 1. The van der Waals surface area contributed by atoms with Crippen molar-refractivity contribution in [3.05, 3.63) is 93.5 Å². The molecule has 0 aromatic heterocycles. The van der Waals surface area contributed by atoms with Gasteiger partial charge in [-0.1, -0.05) is 47.0 Å². The molecule has 0 aliphatic carbocycles. The molecule has 0 fully saturated rings. The zero-order valence-corrected chi connectivity index (χ0v) is 15.6. The molecule has 3 aromatic carbocycles. The highest BCUT2D eigenvalue weighted by Gasteiger charge is 2.06. The Morgan fingerprint density at radius 3 is 2.31 bits per heavy atom. The van der Waals surface area contributed by atoms with E-state index in [1.165, 1.54) is 0 Å². The molecule has 3 aromatic rings. The monoisotopic (exact) mass is 385 g/mol. The van der Waals surface area contributed by atoms with Gasteiger partial charge in [-0.3, -0.25) is 4.79 Å². The van der Waals surface area contributed by atoms with E-state index in [9.17, 15) is 4.79 Å². The molecular formula is C21H17Cl2NO2. The summed E-state index contributed by atoms with van der Waals surface area (Å²) in [6, 6.07) is 19.9. The number of nitrogens with one attached hydrogen (secondary N) is 1. The van der Waals surface area contributed by atoms with Gasteiger partial charge in [0, 0.05) is 26.9 Å². The summed E-state index contributed by atoms with van der Waals surface area (Å²) in [6.07, 6.45) is 0. The maximum absolute atomic E-state index is 12.2. The molecule has 5 heteroatoms. The summed E-state index contributed by atoms with van der Waals surface area (Å²) in [7, 11) is 0. The first-order valence-corrected chi connectivity index (χ1v) is 8.82. The summed E-state index contributed by atoms with van der Waals surface area (Å²) < 4.78 is 5.73. The van der Waals surface area contributed by atoms with Crippen LogP contribution >= 0.6 is 23.2 Å². The number of amides is 1. The molecule has 1 amide bonds. The highest BCUT2D eigenvalue weighted by atomic mass is 35.5. The zero-order valence-electron chi connectivity index (χ0n) is 14.1. The Bertz CT molecular complexity index is 906. The maximum Gasteiger partial charge on any atom is 0.255 e. The summed E-state index contributed by atoms with van der Waals surface area (Å²) in [6.45, 7) is 2.32. The van der Waals surface area contributed by atoms with Crippen molar-refractivity contribution in [1.29, 1.82) is 0 Å². The van der Waals surface area contributed by atoms with E-state index in [2.05, 4.69) is 5.32 Å². The Balaban J connectivity index is 1.59. The van der Waals surface area contributed by atoms with Crippen molar-refractivity contribution in [3.63, 3.8) is 0 Å². The number of anilines is 1. The number of carbonyl (C=O) groups is 1. The first-order valence-electron chi connectivity index (χ1n) is 8.06. The van der Waals surface area contributed by atoms with Crippen LogP contribution in [0.4, 0.5) is 5.69 Å². The van der Waals surface area contributed by atoms with Gasteiger partial charge < -0.3 is 10.1 Å². The van der Waals surface area contributed by atoms with Crippen molar-refractivity contribution in [2.75, 3.05) is 5.32 Å². The van der Waals surface area contributed by atoms with E-state index in [1.807, 2.05) is 25.1 Å². The minimum atomic E-state index is -0.147. The summed E-state index contributed by atoms with van der Waals surface area (Å²) in [5.74, 6) is 0.538. The number of aryl methyl sites for hydroxylation is 1. The van der Waals surface area contributed by atoms with E-state index >= 15 is 0 Å². The predicted molar refractivity (Wildman–Crippen MR) is 106 cm³/mol. The molecule has 0 radical (unpaired) electrons. The smallest absolute Gasteiger partial charge is 0.255 e. The molecule has 0 aliphatic rings. The van der Waals surface area contributed by atoms with Crippen molar-refractivity contribution >= 4 is 34.8 Å². The van der Waals surface area contributed by atoms with Crippen LogP contribution in [-0.4, -0.2) is 5.91 Å². The summed E-state index contributed by atoms with van der Waals surface area (Å²) in [5, 5.41) is 4.02. The number of hydrogen-bond acceptors (Lipinski definition) is 2. The molecule has 0 unspecified atom stereocenters. The quantitative estimate of drug-likeness (QED) is 0.573. The topological polar surface area (TPSA) is 38.3 Å². The molecule has 0 saturated carbocycles. The van der Waals surface area contributed by atoms with E-state index in [1.54, 1.807) is 48.5 Å². The second-order valence-electron chi connectivity index (χ2n) is 5.87. The van der Waals surface area contributed by atoms with Crippen LogP contribution in [0.2, 0.25) is 10.0 Å². The Kier molecular flexibility index (Phi) is 5.82. The average Bonchev–Trinajstić information content (AvgIpc) is 2.63. The van der Waals surface area contributed by atoms with Crippen LogP contribution in [0.3, 0.4) is 0 Å². The van der Waals surface area contributed by atoms with Crippen LogP contribution in [-0.2, 0) is 6.61 Å². The van der Waals surface area contributed by atoms with Crippen molar-refractivity contribution in [1.82, 2.24) is 0 Å². The zero-order chi connectivity index (χ0) is 18.5. The Morgan fingerprint density at radius 1 is 0.962 bits per heavy atom. The second kappa shape index (κ2) is 8.26. The molecule has 3 rings (SSSR count). The minimum Gasteiger partial charge on any atom is -0.489 e. The molecule has 0 atom stereocenters. The van der Waals surface area contributed by atoms with Crippen molar-refractivity contribution in [2.45, 2.75) is 13.5 Å². The molecule has 1 N–H and O–H groups in total. The van der Waals surface area contributed by atoms with Gasteiger partial charge in [0.05, 0.1) is 0 Å². The fraction of sp³-hybridized carbons (Fsp3) is 0.0952. The van der Waals surface area contributed by atoms with Gasteiger partial charge in [0.2, 0.25) is 0 Å². The molecule has 0 aliphatic heterocycles. The summed E-state index contributed by atoms with van der Waals surface area (Å²) >= 11 is 12.0. The highest BCUT2D eigenvalue weighted by Crippen LogP contribution is 2.23. The normalized spacial score (nSPS) is 10.4. The number of carbonyl (C=O) groups excluding carboxylic acids is 1. The van der Waals surface area contributed by atoms with Gasteiger partial charge in [-0.15, -0.1) is 0 Å². The molecule has 26 heavy (non-hydrogen) atoms. The van der Waals surface area contributed by atoms with E-state index in [-0.39, 0.29) is 5.91 Å². The molecule has 0 bridgehead atoms. The van der Waals surface area contributed by atoms with Gasteiger partial charge in [0.15, 0.2) is 0 Å². The molecular weight excluding hydrogens is 369 g/mol. The summed E-state index contributed by atoms with van der Waals surface area (Å²) in [4.78, 5) is 12.2. The Hall–Kier alpha value is -2.49. The molecule has 0 heterocycles. The lowest BCUT2D eigenvalue weighted by Crippen LogP contribution is -2.11. The third kappa shape index (κ3) is 4.78. The molecule has 3 nitrogen and oxygen atoms in total. The molecule has 132 valence electrons. The van der Waals surface area contributed by atoms with Crippen LogP contribution in [0, 0.1) is 6.92 Å². The van der Waals surface area contributed by atoms with Crippen LogP contribution in [0.15, 0.2) is 66.7 Å². The van der Waals surface area contributed by atoms with Crippen molar-refractivity contribution in [2.24, 2.45) is 0 Å². The van der Waals surface area contributed by atoms with E-state index < -0.39 is 0 Å². The van der Waals surface area contributed by atoms with Gasteiger partial charge in [-0.25, -0.2) is 0 Å². The lowest BCUT2D eigenvalue weighted by Gasteiger charge is -2.10. The average molecular weight is 386 g/mol. The fourth-order valence-electron chi connectivity index (χ4n) is 2.34. The van der Waals surface area contributed by atoms with E-state index in [4.69, 9.17) is 27.9 Å². The van der Waals surface area contributed by atoms with Crippen LogP contribution in [0.1, 0.15) is 21.5 Å². The van der Waals surface area contributed by atoms with Crippen molar-refractivity contribution < 1.29 is 9.53 Å². The molecule has 0 spiro atoms. The van der Waals surface area contributed by atoms with E-state index in [0.29, 0.717) is 33.7 Å². The van der Waals surface area contributed by atoms with Crippen LogP contribution in [0.25, 0.3) is 0 Å². The third-order valence-corrected chi connectivity index (χ3v) is 4.42. The lowest BCUT2D eigenvalue weighted by atomic mass is 10.1. The Labute approximate surface area is 162 Å². The highest BCUT2D eigenvalue weighted by molar-refractivity contribution is 6.35. The fourth-order valence-corrected chi connectivity index (χ4v) is 2.81.